The van der Waals surface area contributed by atoms with Gasteiger partial charge in [0.25, 0.3) is 0 Å². The van der Waals surface area contributed by atoms with Crippen molar-refractivity contribution in [2.75, 3.05) is 19.8 Å². The highest BCUT2D eigenvalue weighted by Crippen LogP contribution is 2.29. The standard InChI is InChI=1S/C7H13NO2/c8-3-5-4-10-6-1-2-9-7(5)6/h5-7H,1-4,8H2/t5?,6-,7-/m1/s1. The molecule has 10 heavy (non-hydrogen) atoms. The molecule has 2 N–H and O–H groups in total. The highest BCUT2D eigenvalue weighted by Gasteiger charge is 2.40. The Morgan fingerprint density at radius 1 is 1.40 bits per heavy atom. The van der Waals surface area contributed by atoms with Crippen LogP contribution >= 0.6 is 0 Å². The monoisotopic (exact) mass is 143 g/mol. The molecule has 58 valence electrons. The Kier molecular flexibility index (Phi) is 1.64. The molecule has 2 rings (SSSR count). The second-order valence-electron chi connectivity index (χ2n) is 2.99. The zero-order chi connectivity index (χ0) is 6.97. The van der Waals surface area contributed by atoms with Crippen molar-refractivity contribution in [3.63, 3.8) is 0 Å². The summed E-state index contributed by atoms with van der Waals surface area (Å²) in [7, 11) is 0. The third-order valence-corrected chi connectivity index (χ3v) is 2.37. The fourth-order valence-corrected chi connectivity index (χ4v) is 1.75. The summed E-state index contributed by atoms with van der Waals surface area (Å²) in [5.74, 6) is 0.451. The smallest absolute Gasteiger partial charge is 0.0899 e. The van der Waals surface area contributed by atoms with Crippen LogP contribution in [0, 0.1) is 5.92 Å². The minimum atomic E-state index is 0.310. The average molecular weight is 143 g/mol. The second kappa shape index (κ2) is 2.49. The molecule has 1 unspecified atom stereocenters. The summed E-state index contributed by atoms with van der Waals surface area (Å²) in [5.41, 5.74) is 5.53. The quantitative estimate of drug-likeness (QED) is 0.550. The Morgan fingerprint density at radius 3 is 3.10 bits per heavy atom. The molecule has 3 heteroatoms. The molecule has 0 aromatic carbocycles. The molecule has 2 aliphatic heterocycles. The molecule has 2 aliphatic rings. The van der Waals surface area contributed by atoms with Crippen LogP contribution in [-0.4, -0.2) is 32.0 Å². The van der Waals surface area contributed by atoms with E-state index in [9.17, 15) is 0 Å². The van der Waals surface area contributed by atoms with E-state index in [4.69, 9.17) is 15.2 Å². The lowest BCUT2D eigenvalue weighted by Gasteiger charge is -2.12. The predicted molar refractivity (Wildman–Crippen MR) is 36.6 cm³/mol. The highest BCUT2D eigenvalue weighted by atomic mass is 16.6. The maximum Gasteiger partial charge on any atom is 0.0899 e. The van der Waals surface area contributed by atoms with Gasteiger partial charge in [-0.15, -0.1) is 0 Å². The fraction of sp³-hybridized carbons (Fsp3) is 1.00. The van der Waals surface area contributed by atoms with E-state index in [2.05, 4.69) is 0 Å². The molecule has 2 saturated heterocycles. The third-order valence-electron chi connectivity index (χ3n) is 2.37. The molecule has 2 fully saturated rings. The van der Waals surface area contributed by atoms with Gasteiger partial charge in [-0.1, -0.05) is 0 Å². The van der Waals surface area contributed by atoms with Crippen LogP contribution in [0.25, 0.3) is 0 Å². The van der Waals surface area contributed by atoms with Crippen molar-refractivity contribution >= 4 is 0 Å². The molecule has 0 spiro atoms. The van der Waals surface area contributed by atoms with Crippen molar-refractivity contribution in [1.29, 1.82) is 0 Å². The van der Waals surface area contributed by atoms with Gasteiger partial charge in [0.05, 0.1) is 18.8 Å². The van der Waals surface area contributed by atoms with Crippen molar-refractivity contribution in [1.82, 2.24) is 0 Å². The van der Waals surface area contributed by atoms with Crippen molar-refractivity contribution in [3.05, 3.63) is 0 Å². The molecule has 2 heterocycles. The van der Waals surface area contributed by atoms with Gasteiger partial charge in [-0.2, -0.15) is 0 Å². The first-order valence-corrected chi connectivity index (χ1v) is 3.85. The summed E-state index contributed by atoms with van der Waals surface area (Å²) in [6, 6.07) is 0. The molecular weight excluding hydrogens is 130 g/mol. The lowest BCUT2D eigenvalue weighted by molar-refractivity contribution is 0.0646. The lowest BCUT2D eigenvalue weighted by Crippen LogP contribution is -2.28. The number of nitrogens with two attached hydrogens (primary N) is 1. The van der Waals surface area contributed by atoms with Gasteiger partial charge in [0, 0.05) is 12.5 Å². The Labute approximate surface area is 60.5 Å². The Bertz CT molecular complexity index is 129. The van der Waals surface area contributed by atoms with E-state index >= 15 is 0 Å². The topological polar surface area (TPSA) is 44.5 Å². The van der Waals surface area contributed by atoms with E-state index in [1.807, 2.05) is 0 Å². The molecule has 0 bridgehead atoms. The van der Waals surface area contributed by atoms with Crippen LogP contribution in [0.5, 0.6) is 0 Å². The number of hydrogen-bond acceptors (Lipinski definition) is 3. The van der Waals surface area contributed by atoms with Gasteiger partial charge in [0.2, 0.25) is 0 Å². The van der Waals surface area contributed by atoms with Crippen molar-refractivity contribution in [2.45, 2.75) is 18.6 Å². The molecule has 0 aliphatic carbocycles. The largest absolute Gasteiger partial charge is 0.375 e. The maximum absolute atomic E-state index is 5.53. The Balaban J connectivity index is 2.01. The minimum Gasteiger partial charge on any atom is -0.375 e. The van der Waals surface area contributed by atoms with E-state index in [0.717, 1.165) is 19.6 Å². The van der Waals surface area contributed by atoms with Crippen molar-refractivity contribution < 1.29 is 9.47 Å². The van der Waals surface area contributed by atoms with E-state index in [-0.39, 0.29) is 0 Å². The first-order valence-electron chi connectivity index (χ1n) is 3.85. The summed E-state index contributed by atoms with van der Waals surface area (Å²) in [6.45, 7) is 2.35. The van der Waals surface area contributed by atoms with Crippen molar-refractivity contribution in [2.24, 2.45) is 11.7 Å². The van der Waals surface area contributed by atoms with Crippen LogP contribution in [0.15, 0.2) is 0 Å². The molecule has 0 radical (unpaired) electrons. The lowest BCUT2D eigenvalue weighted by atomic mass is 10.0. The number of hydrogen-bond donors (Lipinski definition) is 1. The normalized spacial score (nSPS) is 45.9. The van der Waals surface area contributed by atoms with Gasteiger partial charge in [-0.05, 0) is 13.0 Å². The average Bonchev–Trinajstić information content (AvgIpc) is 2.44. The summed E-state index contributed by atoms with van der Waals surface area (Å²) in [6.07, 6.45) is 1.72. The fourth-order valence-electron chi connectivity index (χ4n) is 1.75. The van der Waals surface area contributed by atoms with E-state index in [1.165, 1.54) is 0 Å². The van der Waals surface area contributed by atoms with Gasteiger partial charge in [-0.3, -0.25) is 0 Å². The predicted octanol–water partition coefficient (Wildman–Crippen LogP) is -0.251. The summed E-state index contributed by atoms with van der Waals surface area (Å²) in [4.78, 5) is 0. The van der Waals surface area contributed by atoms with E-state index in [1.54, 1.807) is 0 Å². The Hall–Kier alpha value is -0.120. The highest BCUT2D eigenvalue weighted by molar-refractivity contribution is 4.88. The zero-order valence-corrected chi connectivity index (χ0v) is 5.95. The summed E-state index contributed by atoms with van der Waals surface area (Å²) < 4.78 is 11.0. The number of rotatable bonds is 1. The van der Waals surface area contributed by atoms with Crippen LogP contribution in [0.3, 0.4) is 0 Å². The third kappa shape index (κ3) is 0.856. The molecule has 3 atom stereocenters. The first kappa shape index (κ1) is 6.58. The van der Waals surface area contributed by atoms with Crippen molar-refractivity contribution in [3.8, 4) is 0 Å². The molecular formula is C7H13NO2. The van der Waals surface area contributed by atoms with Gasteiger partial charge in [-0.25, -0.2) is 0 Å². The second-order valence-corrected chi connectivity index (χ2v) is 2.99. The van der Waals surface area contributed by atoms with Crippen LogP contribution in [0.2, 0.25) is 0 Å². The zero-order valence-electron chi connectivity index (χ0n) is 5.95. The molecule has 0 amide bonds. The van der Waals surface area contributed by atoms with Gasteiger partial charge >= 0.3 is 0 Å². The van der Waals surface area contributed by atoms with Gasteiger partial charge in [0.15, 0.2) is 0 Å². The SMILES string of the molecule is NCC1CO[C@@H]2CCO[C@H]12. The van der Waals surface area contributed by atoms with Crippen LogP contribution < -0.4 is 5.73 Å². The Morgan fingerprint density at radius 2 is 2.30 bits per heavy atom. The number of fused-ring (bicyclic) bond motifs is 1. The molecule has 3 nitrogen and oxygen atoms in total. The van der Waals surface area contributed by atoms with Gasteiger partial charge < -0.3 is 15.2 Å². The number of ether oxygens (including phenoxy) is 2. The van der Waals surface area contributed by atoms with Gasteiger partial charge in [0.1, 0.15) is 0 Å². The van der Waals surface area contributed by atoms with E-state index in [0.29, 0.717) is 24.7 Å². The molecule has 0 saturated carbocycles. The minimum absolute atomic E-state index is 0.310. The summed E-state index contributed by atoms with van der Waals surface area (Å²) >= 11 is 0. The maximum atomic E-state index is 5.53. The molecule has 0 aromatic rings. The first-order chi connectivity index (χ1) is 4.92. The van der Waals surface area contributed by atoms with E-state index < -0.39 is 0 Å². The van der Waals surface area contributed by atoms with Crippen LogP contribution in [-0.2, 0) is 9.47 Å². The van der Waals surface area contributed by atoms with Crippen LogP contribution in [0.1, 0.15) is 6.42 Å². The molecule has 0 aromatic heterocycles. The van der Waals surface area contributed by atoms with Crippen LogP contribution in [0.4, 0.5) is 0 Å². The summed E-state index contributed by atoms with van der Waals surface area (Å²) in [5, 5.41) is 0.